The molecule has 10 heteroatoms. The van der Waals surface area contributed by atoms with Gasteiger partial charge in [0, 0.05) is 10.6 Å². The van der Waals surface area contributed by atoms with Crippen LogP contribution in [0.15, 0.2) is 47.6 Å². The third-order valence-corrected chi connectivity index (χ3v) is 5.80. The number of nitrogens with zero attached hydrogens (tertiary/aromatic N) is 4. The molecule has 1 aromatic heterocycles. The summed E-state index contributed by atoms with van der Waals surface area (Å²) in [4.78, 5) is 11.0. The second-order valence-corrected chi connectivity index (χ2v) is 7.94. The van der Waals surface area contributed by atoms with Gasteiger partial charge in [0.1, 0.15) is 29.2 Å². The lowest BCUT2D eigenvalue weighted by Crippen LogP contribution is -2.11. The topological polar surface area (TPSA) is 92.3 Å². The molecule has 3 rings (SSSR count). The van der Waals surface area contributed by atoms with E-state index in [1.807, 2.05) is 35.8 Å². The van der Waals surface area contributed by atoms with Crippen LogP contribution < -0.4 is 9.47 Å². The first kappa shape index (κ1) is 22.5. The van der Waals surface area contributed by atoms with Crippen LogP contribution in [-0.4, -0.2) is 39.9 Å². The van der Waals surface area contributed by atoms with E-state index in [1.165, 1.54) is 11.8 Å². The minimum absolute atomic E-state index is 0.0797. The molecule has 8 nitrogen and oxygen atoms in total. The van der Waals surface area contributed by atoms with Gasteiger partial charge in [0.2, 0.25) is 6.54 Å². The monoisotopic (exact) mass is 458 g/mol. The van der Waals surface area contributed by atoms with Crippen molar-refractivity contribution in [3.8, 4) is 29.5 Å². The zero-order valence-electron chi connectivity index (χ0n) is 16.8. The van der Waals surface area contributed by atoms with Gasteiger partial charge >= 0.3 is 0 Å². The fourth-order valence-corrected chi connectivity index (χ4v) is 4.28. The van der Waals surface area contributed by atoms with Gasteiger partial charge in [-0.1, -0.05) is 35.3 Å². The first-order valence-electron chi connectivity index (χ1n) is 9.13. The van der Waals surface area contributed by atoms with E-state index in [1.54, 1.807) is 25.3 Å². The quantitative estimate of drug-likeness (QED) is 0.203. The first-order chi connectivity index (χ1) is 14.9. The lowest BCUT2D eigenvalue weighted by molar-refractivity contribution is -0.479. The average Bonchev–Trinajstić information content (AvgIpc) is 3.12. The Morgan fingerprint density at radius 3 is 2.65 bits per heavy atom. The highest BCUT2D eigenvalue weighted by atomic mass is 35.5. The van der Waals surface area contributed by atoms with Gasteiger partial charge in [-0.3, -0.25) is 14.7 Å². The lowest BCUT2D eigenvalue weighted by atomic mass is 10.1. The standard InChI is InChI=1S/C21H19ClN4O4S/c1-4-11-30-19-10-5-15(12-18(19)22)20(13-25(27)28)31-21-24-23-14(2)26(21)16-6-8-17(29-3)9-7-16/h1,5-10,12,20H,11,13H2,2-3H3/t20-/m0/s1. The normalized spacial score (nSPS) is 11.5. The molecule has 31 heavy (non-hydrogen) atoms. The highest BCUT2D eigenvalue weighted by Crippen LogP contribution is 2.38. The van der Waals surface area contributed by atoms with E-state index in [9.17, 15) is 10.1 Å². The molecule has 0 spiro atoms. The predicted molar refractivity (Wildman–Crippen MR) is 119 cm³/mol. The van der Waals surface area contributed by atoms with Crippen molar-refractivity contribution in [2.45, 2.75) is 17.3 Å². The smallest absolute Gasteiger partial charge is 0.220 e. The predicted octanol–water partition coefficient (Wildman–Crippen LogP) is 4.36. The minimum Gasteiger partial charge on any atom is -0.497 e. The van der Waals surface area contributed by atoms with Crippen LogP contribution in [0.2, 0.25) is 5.02 Å². The van der Waals surface area contributed by atoms with Crippen molar-refractivity contribution in [2.75, 3.05) is 20.3 Å². The van der Waals surface area contributed by atoms with E-state index in [2.05, 4.69) is 16.1 Å². The average molecular weight is 459 g/mol. The SMILES string of the molecule is C#CCOc1ccc([C@H](C[N+](=O)[O-])Sc2nnc(C)n2-c2ccc(OC)cc2)cc1Cl. The molecular formula is C21H19ClN4O4S. The zero-order chi connectivity index (χ0) is 22.4. The fraction of sp³-hybridized carbons (Fsp3) is 0.238. The van der Waals surface area contributed by atoms with Crippen LogP contribution in [0, 0.1) is 29.4 Å². The summed E-state index contributed by atoms with van der Waals surface area (Å²) in [6.07, 6.45) is 5.21. The van der Waals surface area contributed by atoms with E-state index in [-0.39, 0.29) is 18.1 Å². The molecule has 0 saturated carbocycles. The number of methoxy groups -OCH3 is 1. The van der Waals surface area contributed by atoms with Crippen molar-refractivity contribution >= 4 is 23.4 Å². The summed E-state index contributed by atoms with van der Waals surface area (Å²) in [5.41, 5.74) is 1.49. The Bertz CT molecular complexity index is 1110. The number of hydrogen-bond donors (Lipinski definition) is 0. The molecular weight excluding hydrogens is 440 g/mol. The molecule has 0 unspecified atom stereocenters. The number of benzene rings is 2. The number of hydrogen-bond acceptors (Lipinski definition) is 7. The maximum Gasteiger partial charge on any atom is 0.220 e. The second kappa shape index (κ2) is 10.2. The molecule has 0 bridgehead atoms. The molecule has 0 saturated heterocycles. The fourth-order valence-electron chi connectivity index (χ4n) is 2.88. The Balaban J connectivity index is 1.93. The van der Waals surface area contributed by atoms with Crippen molar-refractivity contribution in [1.29, 1.82) is 0 Å². The van der Waals surface area contributed by atoms with Crippen molar-refractivity contribution in [1.82, 2.24) is 14.8 Å². The summed E-state index contributed by atoms with van der Waals surface area (Å²) in [6.45, 7) is 1.58. The number of nitro groups is 1. The molecule has 0 aliphatic heterocycles. The third kappa shape index (κ3) is 5.48. The van der Waals surface area contributed by atoms with Crippen molar-refractivity contribution in [3.05, 3.63) is 69.0 Å². The van der Waals surface area contributed by atoms with Crippen LogP contribution >= 0.6 is 23.4 Å². The number of rotatable bonds is 9. The highest BCUT2D eigenvalue weighted by molar-refractivity contribution is 7.99. The van der Waals surface area contributed by atoms with Gasteiger partial charge in [-0.2, -0.15) is 0 Å². The van der Waals surface area contributed by atoms with Crippen LogP contribution in [0.1, 0.15) is 16.6 Å². The minimum atomic E-state index is -0.546. The van der Waals surface area contributed by atoms with E-state index >= 15 is 0 Å². The molecule has 3 aromatic rings. The second-order valence-electron chi connectivity index (χ2n) is 6.37. The molecule has 1 atom stereocenters. The van der Waals surface area contributed by atoms with Gasteiger partial charge in [0.05, 0.1) is 12.1 Å². The van der Waals surface area contributed by atoms with Crippen LogP contribution in [-0.2, 0) is 0 Å². The van der Waals surface area contributed by atoms with E-state index < -0.39 is 5.25 Å². The number of aryl methyl sites for hydroxylation is 1. The highest BCUT2D eigenvalue weighted by Gasteiger charge is 2.24. The number of halogens is 1. The number of terminal acetylenes is 1. The molecule has 0 radical (unpaired) electrons. The third-order valence-electron chi connectivity index (χ3n) is 4.33. The molecule has 0 fully saturated rings. The van der Waals surface area contributed by atoms with Crippen molar-refractivity contribution in [2.24, 2.45) is 0 Å². The van der Waals surface area contributed by atoms with Gasteiger partial charge in [-0.15, -0.1) is 16.6 Å². The molecule has 0 N–H and O–H groups in total. The molecule has 160 valence electrons. The van der Waals surface area contributed by atoms with Gasteiger partial charge in [-0.05, 0) is 48.9 Å². The van der Waals surface area contributed by atoms with Crippen molar-refractivity contribution in [3.63, 3.8) is 0 Å². The first-order valence-corrected chi connectivity index (χ1v) is 10.4. The Morgan fingerprint density at radius 2 is 2.03 bits per heavy atom. The van der Waals surface area contributed by atoms with E-state index in [4.69, 9.17) is 27.5 Å². The Kier molecular flexibility index (Phi) is 7.39. The summed E-state index contributed by atoms with van der Waals surface area (Å²) in [7, 11) is 1.59. The van der Waals surface area contributed by atoms with Gasteiger partial charge in [0.15, 0.2) is 5.16 Å². The molecule has 0 aliphatic rings. The summed E-state index contributed by atoms with van der Waals surface area (Å²) in [5, 5.41) is 20.0. The zero-order valence-corrected chi connectivity index (χ0v) is 18.4. The van der Waals surface area contributed by atoms with Crippen molar-refractivity contribution < 1.29 is 14.4 Å². The maximum atomic E-state index is 11.4. The van der Waals surface area contributed by atoms with Gasteiger partial charge < -0.3 is 9.47 Å². The van der Waals surface area contributed by atoms with Crippen LogP contribution in [0.3, 0.4) is 0 Å². The maximum absolute atomic E-state index is 11.4. The lowest BCUT2D eigenvalue weighted by Gasteiger charge is -2.15. The molecule has 0 amide bonds. The summed E-state index contributed by atoms with van der Waals surface area (Å²) >= 11 is 7.53. The number of thioether (sulfide) groups is 1. The largest absolute Gasteiger partial charge is 0.497 e. The van der Waals surface area contributed by atoms with Crippen LogP contribution in [0.5, 0.6) is 11.5 Å². The van der Waals surface area contributed by atoms with Gasteiger partial charge in [-0.25, -0.2) is 0 Å². The van der Waals surface area contributed by atoms with E-state index in [0.29, 0.717) is 27.3 Å². The Morgan fingerprint density at radius 1 is 1.29 bits per heavy atom. The van der Waals surface area contributed by atoms with Gasteiger partial charge in [0.25, 0.3) is 0 Å². The van der Waals surface area contributed by atoms with Crippen LogP contribution in [0.25, 0.3) is 5.69 Å². The summed E-state index contributed by atoms with van der Waals surface area (Å²) in [6, 6.07) is 12.4. The van der Waals surface area contributed by atoms with E-state index in [0.717, 1.165) is 11.4 Å². The summed E-state index contributed by atoms with van der Waals surface area (Å²) < 4.78 is 12.4. The number of ether oxygens (including phenoxy) is 2. The summed E-state index contributed by atoms with van der Waals surface area (Å²) in [5.74, 6) is 4.17. The Hall–Kier alpha value is -3.22. The molecule has 2 aromatic carbocycles. The van der Waals surface area contributed by atoms with Crippen LogP contribution in [0.4, 0.5) is 0 Å². The number of aromatic nitrogens is 3. The molecule has 0 aliphatic carbocycles. The Labute approximate surface area is 188 Å². The molecule has 1 heterocycles.